The van der Waals surface area contributed by atoms with Gasteiger partial charge in [0, 0.05) is 11.3 Å². The van der Waals surface area contributed by atoms with Gasteiger partial charge in [0.1, 0.15) is 5.78 Å². The SMILES string of the molecule is CC1CCCC(C(=O)C(C)(C)C2CCCNC2)C1. The Morgan fingerprint density at radius 1 is 1.17 bits per heavy atom. The van der Waals surface area contributed by atoms with E-state index < -0.39 is 0 Å². The summed E-state index contributed by atoms with van der Waals surface area (Å²) in [6, 6.07) is 0. The maximum atomic E-state index is 12.8. The van der Waals surface area contributed by atoms with Crippen LogP contribution in [0.2, 0.25) is 0 Å². The molecule has 1 saturated carbocycles. The smallest absolute Gasteiger partial charge is 0.141 e. The Bertz CT molecular complexity index is 291. The number of hydrogen-bond donors (Lipinski definition) is 1. The molecule has 0 aromatic heterocycles. The summed E-state index contributed by atoms with van der Waals surface area (Å²) in [7, 11) is 0. The second kappa shape index (κ2) is 5.73. The minimum atomic E-state index is -0.130. The molecule has 2 fully saturated rings. The first-order chi connectivity index (χ1) is 8.51. The van der Waals surface area contributed by atoms with Crippen LogP contribution in [0.15, 0.2) is 0 Å². The second-order valence-corrected chi connectivity index (χ2v) is 7.10. The van der Waals surface area contributed by atoms with Crippen molar-refractivity contribution in [2.75, 3.05) is 13.1 Å². The maximum absolute atomic E-state index is 12.8. The van der Waals surface area contributed by atoms with E-state index in [4.69, 9.17) is 0 Å². The quantitative estimate of drug-likeness (QED) is 0.833. The largest absolute Gasteiger partial charge is 0.316 e. The highest BCUT2D eigenvalue weighted by molar-refractivity contribution is 5.86. The molecule has 0 aromatic rings. The van der Waals surface area contributed by atoms with Gasteiger partial charge in [-0.3, -0.25) is 4.79 Å². The minimum Gasteiger partial charge on any atom is -0.316 e. The molecule has 1 saturated heterocycles. The zero-order valence-corrected chi connectivity index (χ0v) is 12.3. The van der Waals surface area contributed by atoms with Gasteiger partial charge < -0.3 is 5.32 Å². The molecule has 2 rings (SSSR count). The minimum absolute atomic E-state index is 0.130. The van der Waals surface area contributed by atoms with Crippen LogP contribution in [0.3, 0.4) is 0 Å². The molecule has 0 spiro atoms. The van der Waals surface area contributed by atoms with Gasteiger partial charge in [-0.25, -0.2) is 0 Å². The predicted molar refractivity (Wildman–Crippen MR) is 75.5 cm³/mol. The van der Waals surface area contributed by atoms with Crippen molar-refractivity contribution in [2.24, 2.45) is 23.2 Å². The van der Waals surface area contributed by atoms with Crippen LogP contribution in [0, 0.1) is 23.2 Å². The molecule has 1 N–H and O–H groups in total. The molecule has 1 heterocycles. The number of hydrogen-bond acceptors (Lipinski definition) is 2. The summed E-state index contributed by atoms with van der Waals surface area (Å²) >= 11 is 0. The number of rotatable bonds is 3. The van der Waals surface area contributed by atoms with Crippen LogP contribution in [0.5, 0.6) is 0 Å². The number of ketones is 1. The molecule has 3 atom stereocenters. The summed E-state index contributed by atoms with van der Waals surface area (Å²) in [5, 5.41) is 3.46. The van der Waals surface area contributed by atoms with Gasteiger partial charge in [-0.1, -0.05) is 33.6 Å². The van der Waals surface area contributed by atoms with E-state index in [1.54, 1.807) is 0 Å². The zero-order valence-electron chi connectivity index (χ0n) is 12.3. The summed E-state index contributed by atoms with van der Waals surface area (Å²) < 4.78 is 0. The molecule has 2 aliphatic rings. The molecule has 0 aromatic carbocycles. The van der Waals surface area contributed by atoms with Crippen LogP contribution < -0.4 is 5.32 Å². The Balaban J connectivity index is 2.01. The summed E-state index contributed by atoms with van der Waals surface area (Å²) in [6.45, 7) is 8.83. The Kier molecular flexibility index (Phi) is 4.47. The number of carbonyl (C=O) groups is 1. The van der Waals surface area contributed by atoms with Crippen molar-refractivity contribution in [2.45, 2.75) is 59.3 Å². The molecule has 1 aliphatic carbocycles. The first-order valence-corrected chi connectivity index (χ1v) is 7.77. The van der Waals surface area contributed by atoms with Crippen LogP contribution in [-0.2, 0) is 4.79 Å². The fraction of sp³-hybridized carbons (Fsp3) is 0.938. The molecule has 18 heavy (non-hydrogen) atoms. The Hall–Kier alpha value is -0.370. The van der Waals surface area contributed by atoms with E-state index in [1.165, 1.54) is 25.7 Å². The average Bonchev–Trinajstić information content (AvgIpc) is 2.39. The van der Waals surface area contributed by atoms with E-state index in [0.717, 1.165) is 31.8 Å². The molecular formula is C16H29NO. The lowest BCUT2D eigenvalue weighted by Crippen LogP contribution is -2.45. The summed E-state index contributed by atoms with van der Waals surface area (Å²) in [6.07, 6.45) is 7.26. The summed E-state index contributed by atoms with van der Waals surface area (Å²) in [5.74, 6) is 2.16. The molecule has 2 nitrogen and oxygen atoms in total. The van der Waals surface area contributed by atoms with E-state index in [0.29, 0.717) is 17.6 Å². The van der Waals surface area contributed by atoms with Crippen molar-refractivity contribution in [3.63, 3.8) is 0 Å². The highest BCUT2D eigenvalue weighted by atomic mass is 16.1. The predicted octanol–water partition coefficient (Wildman–Crippen LogP) is 3.41. The van der Waals surface area contributed by atoms with Crippen molar-refractivity contribution in [3.05, 3.63) is 0 Å². The third-order valence-corrected chi connectivity index (χ3v) is 5.26. The summed E-state index contributed by atoms with van der Waals surface area (Å²) in [4.78, 5) is 12.8. The number of piperidine rings is 1. The summed E-state index contributed by atoms with van der Waals surface area (Å²) in [5.41, 5.74) is -0.130. The standard InChI is InChI=1S/C16H29NO/c1-12-6-4-7-13(10-12)15(18)16(2,3)14-8-5-9-17-11-14/h12-14,17H,4-11H2,1-3H3. The lowest BCUT2D eigenvalue weighted by molar-refractivity contribution is -0.136. The molecule has 0 bridgehead atoms. The van der Waals surface area contributed by atoms with Gasteiger partial charge in [0.05, 0.1) is 0 Å². The third kappa shape index (κ3) is 2.96. The lowest BCUT2D eigenvalue weighted by Gasteiger charge is -2.39. The van der Waals surface area contributed by atoms with E-state index in [9.17, 15) is 4.79 Å². The first-order valence-electron chi connectivity index (χ1n) is 7.77. The Morgan fingerprint density at radius 2 is 1.94 bits per heavy atom. The molecule has 0 amide bonds. The normalized spacial score (nSPS) is 34.3. The highest BCUT2D eigenvalue weighted by Gasteiger charge is 2.41. The van der Waals surface area contributed by atoms with E-state index in [1.807, 2.05) is 0 Å². The van der Waals surface area contributed by atoms with Crippen LogP contribution in [0.1, 0.15) is 59.3 Å². The third-order valence-electron chi connectivity index (χ3n) is 5.26. The van der Waals surface area contributed by atoms with Crippen LogP contribution in [0.4, 0.5) is 0 Å². The molecular weight excluding hydrogens is 222 g/mol. The van der Waals surface area contributed by atoms with Gasteiger partial charge in [-0.05, 0) is 50.6 Å². The molecule has 0 radical (unpaired) electrons. The Morgan fingerprint density at radius 3 is 2.56 bits per heavy atom. The topological polar surface area (TPSA) is 29.1 Å². The first kappa shape index (κ1) is 14.0. The number of Topliss-reactive ketones (excluding diaryl/α,β-unsaturated/α-hetero) is 1. The van der Waals surface area contributed by atoms with Gasteiger partial charge >= 0.3 is 0 Å². The van der Waals surface area contributed by atoms with Gasteiger partial charge in [-0.2, -0.15) is 0 Å². The van der Waals surface area contributed by atoms with Gasteiger partial charge in [0.25, 0.3) is 0 Å². The number of carbonyl (C=O) groups excluding carboxylic acids is 1. The van der Waals surface area contributed by atoms with Crippen molar-refractivity contribution in [3.8, 4) is 0 Å². The van der Waals surface area contributed by atoms with Crippen molar-refractivity contribution >= 4 is 5.78 Å². The van der Waals surface area contributed by atoms with Crippen LogP contribution in [-0.4, -0.2) is 18.9 Å². The van der Waals surface area contributed by atoms with E-state index in [2.05, 4.69) is 26.1 Å². The van der Waals surface area contributed by atoms with Crippen LogP contribution >= 0.6 is 0 Å². The molecule has 3 unspecified atom stereocenters. The zero-order chi connectivity index (χ0) is 13.2. The van der Waals surface area contributed by atoms with E-state index in [-0.39, 0.29) is 5.41 Å². The van der Waals surface area contributed by atoms with Crippen molar-refractivity contribution in [1.29, 1.82) is 0 Å². The Labute approximate surface area is 112 Å². The van der Waals surface area contributed by atoms with Crippen molar-refractivity contribution in [1.82, 2.24) is 5.32 Å². The highest BCUT2D eigenvalue weighted by Crippen LogP contribution is 2.39. The maximum Gasteiger partial charge on any atom is 0.141 e. The van der Waals surface area contributed by atoms with Gasteiger partial charge in [0.15, 0.2) is 0 Å². The van der Waals surface area contributed by atoms with Crippen LogP contribution in [0.25, 0.3) is 0 Å². The second-order valence-electron chi connectivity index (χ2n) is 7.10. The molecule has 2 heteroatoms. The average molecular weight is 251 g/mol. The van der Waals surface area contributed by atoms with Gasteiger partial charge in [0.2, 0.25) is 0 Å². The van der Waals surface area contributed by atoms with E-state index >= 15 is 0 Å². The monoisotopic (exact) mass is 251 g/mol. The fourth-order valence-electron chi connectivity index (χ4n) is 3.87. The van der Waals surface area contributed by atoms with Gasteiger partial charge in [-0.15, -0.1) is 0 Å². The fourth-order valence-corrected chi connectivity index (χ4v) is 3.87. The number of nitrogens with one attached hydrogen (secondary N) is 1. The molecule has 1 aliphatic heterocycles. The molecule has 104 valence electrons. The lowest BCUT2D eigenvalue weighted by atomic mass is 9.66. The van der Waals surface area contributed by atoms with Crippen molar-refractivity contribution < 1.29 is 4.79 Å².